The van der Waals surface area contributed by atoms with Crippen LogP contribution in [0.4, 0.5) is 9.18 Å². The number of carbonyl (C=O) groups excluding carboxylic acids is 1. The highest BCUT2D eigenvalue weighted by atomic mass is 19.1. The van der Waals surface area contributed by atoms with E-state index < -0.39 is 0 Å². The molecular weight excluding hydrogens is 343 g/mol. The van der Waals surface area contributed by atoms with Crippen molar-refractivity contribution < 1.29 is 9.18 Å². The van der Waals surface area contributed by atoms with Gasteiger partial charge in [0.1, 0.15) is 5.82 Å². The Hall–Kier alpha value is -3.15. The second-order valence-corrected chi connectivity index (χ2v) is 6.95. The summed E-state index contributed by atoms with van der Waals surface area (Å²) in [6.45, 7) is 0.954. The van der Waals surface area contributed by atoms with Crippen molar-refractivity contribution in [3.05, 3.63) is 83.9 Å². The number of nitrogens with one attached hydrogen (secondary N) is 2. The van der Waals surface area contributed by atoms with Crippen LogP contribution in [0.5, 0.6) is 0 Å². The Bertz CT molecular complexity index is 917. The fourth-order valence-corrected chi connectivity index (χ4v) is 3.19. The highest BCUT2D eigenvalue weighted by molar-refractivity contribution is 5.74. The summed E-state index contributed by atoms with van der Waals surface area (Å²) in [7, 11) is 0. The molecule has 1 heterocycles. The number of amides is 2. The summed E-state index contributed by atoms with van der Waals surface area (Å²) >= 11 is 0. The number of hydrogen-bond acceptors (Lipinski definition) is 2. The van der Waals surface area contributed by atoms with Gasteiger partial charge in [-0.3, -0.25) is 0 Å². The molecule has 27 heavy (non-hydrogen) atoms. The molecular formula is C21H21FN4O. The van der Waals surface area contributed by atoms with Gasteiger partial charge in [-0.05, 0) is 42.7 Å². The molecule has 2 N–H and O–H groups in total. The molecule has 0 radical (unpaired) electrons. The van der Waals surface area contributed by atoms with Crippen LogP contribution >= 0.6 is 0 Å². The minimum Gasteiger partial charge on any atom is -0.337 e. The van der Waals surface area contributed by atoms with E-state index in [1.54, 1.807) is 23.0 Å². The molecule has 0 saturated heterocycles. The molecule has 1 aliphatic rings. The summed E-state index contributed by atoms with van der Waals surface area (Å²) in [5, 5.41) is 10.1. The van der Waals surface area contributed by atoms with E-state index in [4.69, 9.17) is 0 Å². The first-order valence-electron chi connectivity index (χ1n) is 9.01. The van der Waals surface area contributed by atoms with Crippen molar-refractivity contribution in [2.24, 2.45) is 0 Å². The van der Waals surface area contributed by atoms with Gasteiger partial charge >= 0.3 is 6.03 Å². The second-order valence-electron chi connectivity index (χ2n) is 6.95. The molecule has 138 valence electrons. The second kappa shape index (κ2) is 7.23. The summed E-state index contributed by atoms with van der Waals surface area (Å²) in [4.78, 5) is 12.1. The molecule has 0 aliphatic heterocycles. The van der Waals surface area contributed by atoms with Crippen molar-refractivity contribution in [2.75, 3.05) is 6.54 Å². The van der Waals surface area contributed by atoms with Gasteiger partial charge in [0.25, 0.3) is 0 Å². The van der Waals surface area contributed by atoms with Gasteiger partial charge in [-0.25, -0.2) is 13.9 Å². The van der Waals surface area contributed by atoms with Gasteiger partial charge in [-0.15, -0.1) is 0 Å². The van der Waals surface area contributed by atoms with Crippen LogP contribution < -0.4 is 10.6 Å². The van der Waals surface area contributed by atoms with Gasteiger partial charge in [0.05, 0.1) is 11.9 Å². The van der Waals surface area contributed by atoms with Crippen molar-refractivity contribution in [2.45, 2.75) is 24.8 Å². The molecule has 2 aromatic carbocycles. The van der Waals surface area contributed by atoms with E-state index in [2.05, 4.69) is 15.7 Å². The Kier molecular flexibility index (Phi) is 4.62. The number of rotatable bonds is 6. The number of para-hydroxylation sites is 1. The molecule has 3 aromatic rings. The van der Waals surface area contributed by atoms with E-state index in [0.29, 0.717) is 13.1 Å². The predicted molar refractivity (Wildman–Crippen MR) is 101 cm³/mol. The molecule has 2 amide bonds. The topological polar surface area (TPSA) is 59.0 Å². The van der Waals surface area contributed by atoms with Gasteiger partial charge in [0, 0.05) is 30.3 Å². The van der Waals surface area contributed by atoms with Gasteiger partial charge in [0.2, 0.25) is 0 Å². The lowest BCUT2D eigenvalue weighted by atomic mass is 9.96. The van der Waals surface area contributed by atoms with E-state index >= 15 is 0 Å². The summed E-state index contributed by atoms with van der Waals surface area (Å²) in [6.07, 6.45) is 5.65. The van der Waals surface area contributed by atoms with E-state index in [-0.39, 0.29) is 17.3 Å². The lowest BCUT2D eigenvalue weighted by molar-refractivity contribution is 0.239. The van der Waals surface area contributed by atoms with Crippen LogP contribution in [0.15, 0.2) is 67.0 Å². The SMILES string of the molecule is O=C(NCc1cnn(-c2ccccc2)c1)NCC1(c2ccc(F)cc2)CC1. The number of nitrogens with zero attached hydrogens (tertiary/aromatic N) is 2. The minimum absolute atomic E-state index is 0.0523. The zero-order valence-corrected chi connectivity index (χ0v) is 14.9. The molecule has 1 fully saturated rings. The van der Waals surface area contributed by atoms with E-state index in [0.717, 1.165) is 29.7 Å². The molecule has 0 spiro atoms. The quantitative estimate of drug-likeness (QED) is 0.703. The van der Waals surface area contributed by atoms with E-state index in [1.807, 2.05) is 36.5 Å². The molecule has 1 aromatic heterocycles. The first kappa shape index (κ1) is 17.3. The lowest BCUT2D eigenvalue weighted by Crippen LogP contribution is -2.39. The van der Waals surface area contributed by atoms with Crippen LogP contribution in [0, 0.1) is 5.82 Å². The highest BCUT2D eigenvalue weighted by Gasteiger charge is 2.44. The highest BCUT2D eigenvalue weighted by Crippen LogP contribution is 2.47. The number of benzene rings is 2. The Morgan fingerprint density at radius 3 is 2.52 bits per heavy atom. The summed E-state index contributed by atoms with van der Waals surface area (Å²) in [5.41, 5.74) is 2.92. The van der Waals surface area contributed by atoms with Crippen LogP contribution in [0.25, 0.3) is 5.69 Å². The summed E-state index contributed by atoms with van der Waals surface area (Å²) < 4.78 is 14.9. The van der Waals surface area contributed by atoms with Crippen molar-refractivity contribution in [1.29, 1.82) is 0 Å². The maximum atomic E-state index is 13.1. The van der Waals surface area contributed by atoms with Crippen molar-refractivity contribution in [1.82, 2.24) is 20.4 Å². The van der Waals surface area contributed by atoms with Gasteiger partial charge < -0.3 is 10.6 Å². The Morgan fingerprint density at radius 2 is 1.81 bits per heavy atom. The van der Waals surface area contributed by atoms with Crippen molar-refractivity contribution in [3.63, 3.8) is 0 Å². The normalized spacial score (nSPS) is 14.6. The van der Waals surface area contributed by atoms with Crippen LogP contribution in [0.2, 0.25) is 0 Å². The number of halogens is 1. The monoisotopic (exact) mass is 364 g/mol. The Labute approximate surface area is 157 Å². The fourth-order valence-electron chi connectivity index (χ4n) is 3.19. The number of carbonyl (C=O) groups is 1. The van der Waals surface area contributed by atoms with Crippen LogP contribution in [-0.4, -0.2) is 22.4 Å². The molecule has 0 bridgehead atoms. The minimum atomic E-state index is -0.240. The van der Waals surface area contributed by atoms with Crippen LogP contribution in [0.1, 0.15) is 24.0 Å². The molecule has 0 unspecified atom stereocenters. The molecule has 5 nitrogen and oxygen atoms in total. The Balaban J connectivity index is 1.28. The third kappa shape index (κ3) is 4.00. The average molecular weight is 364 g/mol. The standard InChI is InChI=1S/C21H21FN4O/c22-18-8-6-17(7-9-18)21(10-11-21)15-24-20(27)23-12-16-13-25-26(14-16)19-4-2-1-3-5-19/h1-9,13-14H,10-12,15H2,(H2,23,24,27). The van der Waals surface area contributed by atoms with E-state index in [9.17, 15) is 9.18 Å². The third-order valence-electron chi connectivity index (χ3n) is 5.01. The zero-order valence-electron chi connectivity index (χ0n) is 14.9. The zero-order chi connectivity index (χ0) is 18.7. The number of hydrogen-bond donors (Lipinski definition) is 2. The van der Waals surface area contributed by atoms with Gasteiger partial charge in [0.15, 0.2) is 0 Å². The van der Waals surface area contributed by atoms with Crippen molar-refractivity contribution in [3.8, 4) is 5.69 Å². The molecule has 4 rings (SSSR count). The van der Waals surface area contributed by atoms with Crippen LogP contribution in [-0.2, 0) is 12.0 Å². The van der Waals surface area contributed by atoms with E-state index in [1.165, 1.54) is 12.1 Å². The first-order chi connectivity index (χ1) is 13.1. The third-order valence-corrected chi connectivity index (χ3v) is 5.01. The molecule has 1 saturated carbocycles. The lowest BCUT2D eigenvalue weighted by Gasteiger charge is -2.17. The summed E-state index contributed by atoms with van der Waals surface area (Å²) in [5.74, 6) is -0.240. The fraction of sp³-hybridized carbons (Fsp3) is 0.238. The largest absolute Gasteiger partial charge is 0.337 e. The molecule has 1 aliphatic carbocycles. The van der Waals surface area contributed by atoms with Crippen LogP contribution in [0.3, 0.4) is 0 Å². The average Bonchev–Trinajstić information content (AvgIpc) is 3.34. The van der Waals surface area contributed by atoms with Crippen molar-refractivity contribution >= 4 is 6.03 Å². The maximum absolute atomic E-state index is 13.1. The molecule has 0 atom stereocenters. The number of urea groups is 1. The first-order valence-corrected chi connectivity index (χ1v) is 9.01. The van der Waals surface area contributed by atoms with Gasteiger partial charge in [-0.2, -0.15) is 5.10 Å². The molecule has 6 heteroatoms. The predicted octanol–water partition coefficient (Wildman–Crippen LogP) is 3.54. The maximum Gasteiger partial charge on any atom is 0.315 e. The van der Waals surface area contributed by atoms with Gasteiger partial charge in [-0.1, -0.05) is 30.3 Å². The Morgan fingerprint density at radius 1 is 1.07 bits per heavy atom. The summed E-state index contributed by atoms with van der Waals surface area (Å²) in [6, 6.07) is 16.2. The smallest absolute Gasteiger partial charge is 0.315 e. The number of aromatic nitrogens is 2.